The first-order valence-electron chi connectivity index (χ1n) is 11.6. The van der Waals surface area contributed by atoms with Crippen molar-refractivity contribution in [2.24, 2.45) is 0 Å². The minimum absolute atomic E-state index is 0.0979. The summed E-state index contributed by atoms with van der Waals surface area (Å²) >= 11 is 6.17. The van der Waals surface area contributed by atoms with Crippen LogP contribution in [0.5, 0.6) is 5.75 Å². The number of imidazole rings is 1. The second-order valence-corrected chi connectivity index (χ2v) is 10.6. The monoisotopic (exact) mass is 587 g/mol. The average molecular weight is 588 g/mol. The van der Waals surface area contributed by atoms with E-state index in [9.17, 15) is 14.5 Å². The van der Waals surface area contributed by atoms with Crippen LogP contribution in [0.3, 0.4) is 0 Å². The van der Waals surface area contributed by atoms with Gasteiger partial charge in [-0.1, -0.05) is 18.2 Å². The Balaban J connectivity index is 1.62. The number of benzene rings is 1. The molecule has 39 heavy (non-hydrogen) atoms. The Hall–Kier alpha value is -3.07. The molecule has 1 aromatic carbocycles. The lowest BCUT2D eigenvalue weighted by atomic mass is 9.99. The highest BCUT2D eigenvalue weighted by molar-refractivity contribution is 7.52. The summed E-state index contributed by atoms with van der Waals surface area (Å²) in [7, 11) is -1.58. The van der Waals surface area contributed by atoms with Gasteiger partial charge in [0, 0.05) is 7.05 Å². The first-order valence-corrected chi connectivity index (χ1v) is 13.7. The summed E-state index contributed by atoms with van der Waals surface area (Å²) in [5.41, 5.74) is 4.33. The van der Waals surface area contributed by atoms with Gasteiger partial charge in [0.25, 0.3) is 0 Å². The standard InChI is InChI=1S/C22H28ClFN7O7P/c1-12(20(33)35-3)30-39(34,38-13-7-5-4-6-8-13)36-10-22(9-23)16(32)14(24)19(37-22)31-11-27-15-17(26-2)28-21(25)29-18(15)31/h4-8,11-12,14,16,19,32H,9-10H2,1-3H3,(H,30,34)(H3,25,26,28,29)/t12-,14-,16+,19-,22-,39?/m1/s1. The number of aliphatic hydroxyl groups is 1. The summed E-state index contributed by atoms with van der Waals surface area (Å²) in [6.45, 7) is 0.699. The van der Waals surface area contributed by atoms with Crippen LogP contribution >= 0.6 is 19.3 Å². The molecule has 3 heterocycles. The van der Waals surface area contributed by atoms with Crippen LogP contribution < -0.4 is 20.7 Å². The number of aliphatic hydroxyl groups excluding tert-OH is 1. The molecular formula is C22H28ClFN7O7P. The molecule has 6 atom stereocenters. The van der Waals surface area contributed by atoms with Gasteiger partial charge in [-0.15, -0.1) is 11.6 Å². The molecule has 0 saturated carbocycles. The van der Waals surface area contributed by atoms with Gasteiger partial charge >= 0.3 is 13.7 Å². The number of para-hydroxylation sites is 1. The van der Waals surface area contributed by atoms with E-state index in [4.69, 9.17) is 31.1 Å². The summed E-state index contributed by atoms with van der Waals surface area (Å²) in [6, 6.07) is 6.91. The Morgan fingerprint density at radius 1 is 1.38 bits per heavy atom. The lowest BCUT2D eigenvalue weighted by Crippen LogP contribution is -2.48. The normalized spacial score (nSPS) is 25.2. The fourth-order valence-electron chi connectivity index (χ4n) is 3.96. The number of nitrogens with one attached hydrogen (secondary N) is 2. The molecule has 1 unspecified atom stereocenters. The summed E-state index contributed by atoms with van der Waals surface area (Å²) in [6.07, 6.45) is -4.06. The van der Waals surface area contributed by atoms with E-state index in [1.54, 1.807) is 25.2 Å². The van der Waals surface area contributed by atoms with Crippen LogP contribution in [-0.4, -0.2) is 81.2 Å². The van der Waals surface area contributed by atoms with E-state index in [1.807, 2.05) is 0 Å². The summed E-state index contributed by atoms with van der Waals surface area (Å²) in [4.78, 5) is 24.4. The zero-order valence-electron chi connectivity index (χ0n) is 21.2. The number of ether oxygens (including phenoxy) is 2. The number of nitrogens with two attached hydrogens (primary N) is 1. The van der Waals surface area contributed by atoms with Crippen LogP contribution in [-0.2, 0) is 23.4 Å². The largest absolute Gasteiger partial charge is 0.468 e. The molecule has 1 aliphatic heterocycles. The zero-order chi connectivity index (χ0) is 28.4. The zero-order valence-corrected chi connectivity index (χ0v) is 22.8. The van der Waals surface area contributed by atoms with E-state index in [-0.39, 0.29) is 17.3 Å². The van der Waals surface area contributed by atoms with Crippen molar-refractivity contribution in [1.29, 1.82) is 0 Å². The maximum absolute atomic E-state index is 15.6. The van der Waals surface area contributed by atoms with E-state index >= 15 is 4.39 Å². The average Bonchev–Trinajstić information content (AvgIpc) is 3.45. The van der Waals surface area contributed by atoms with Crippen molar-refractivity contribution in [3.8, 4) is 5.75 Å². The van der Waals surface area contributed by atoms with Crippen LogP contribution in [0.15, 0.2) is 36.7 Å². The summed E-state index contributed by atoms with van der Waals surface area (Å²) in [5, 5.41) is 16.2. The third kappa shape index (κ3) is 5.78. The van der Waals surface area contributed by atoms with E-state index in [0.717, 1.165) is 7.11 Å². The first-order chi connectivity index (χ1) is 18.6. The number of rotatable bonds is 11. The third-order valence-corrected chi connectivity index (χ3v) is 8.07. The highest BCUT2D eigenvalue weighted by Crippen LogP contribution is 2.49. The van der Waals surface area contributed by atoms with Crippen LogP contribution in [0.4, 0.5) is 16.2 Å². The molecule has 5 N–H and O–H groups in total. The Morgan fingerprint density at radius 2 is 2.10 bits per heavy atom. The molecule has 1 saturated heterocycles. The highest BCUT2D eigenvalue weighted by Gasteiger charge is 2.57. The number of fused-ring (bicyclic) bond motifs is 1. The van der Waals surface area contributed by atoms with Gasteiger partial charge in [-0.25, -0.2) is 13.9 Å². The number of anilines is 2. The molecule has 0 spiro atoms. The van der Waals surface area contributed by atoms with Crippen LogP contribution in [0.1, 0.15) is 13.2 Å². The minimum atomic E-state index is -4.34. The molecule has 0 aliphatic carbocycles. The number of carbonyl (C=O) groups excluding carboxylic acids is 1. The van der Waals surface area contributed by atoms with Crippen LogP contribution in [0, 0.1) is 0 Å². The summed E-state index contributed by atoms with van der Waals surface area (Å²) in [5.74, 6) is -0.838. The van der Waals surface area contributed by atoms with E-state index in [2.05, 4.69) is 30.1 Å². The molecule has 4 rings (SSSR count). The Labute approximate surface area is 227 Å². The maximum Gasteiger partial charge on any atom is 0.459 e. The molecule has 0 bridgehead atoms. The predicted molar refractivity (Wildman–Crippen MR) is 139 cm³/mol. The smallest absolute Gasteiger partial charge is 0.459 e. The number of nitrogen functional groups attached to an aromatic ring is 1. The topological polar surface area (TPSA) is 185 Å². The fraction of sp³-hybridized carbons (Fsp3) is 0.455. The highest BCUT2D eigenvalue weighted by atomic mass is 35.5. The van der Waals surface area contributed by atoms with Gasteiger partial charge in [0.15, 0.2) is 29.4 Å². The number of hydrogen-bond donors (Lipinski definition) is 4. The van der Waals surface area contributed by atoms with Crippen molar-refractivity contribution in [2.45, 2.75) is 37.1 Å². The van der Waals surface area contributed by atoms with Gasteiger partial charge in [0.1, 0.15) is 23.5 Å². The first kappa shape index (κ1) is 28.9. The van der Waals surface area contributed by atoms with Gasteiger partial charge in [0.2, 0.25) is 5.95 Å². The van der Waals surface area contributed by atoms with Gasteiger partial charge in [0.05, 0.1) is 25.9 Å². The number of carbonyl (C=O) groups is 1. The molecule has 17 heteroatoms. The van der Waals surface area contributed by atoms with E-state index < -0.39 is 56.3 Å². The van der Waals surface area contributed by atoms with Gasteiger partial charge < -0.3 is 30.2 Å². The van der Waals surface area contributed by atoms with E-state index in [0.29, 0.717) is 11.3 Å². The number of alkyl halides is 2. The van der Waals surface area contributed by atoms with Gasteiger partial charge in [-0.05, 0) is 19.1 Å². The molecule has 3 aromatic rings. The van der Waals surface area contributed by atoms with Crippen molar-refractivity contribution >= 4 is 48.2 Å². The number of halogens is 2. The van der Waals surface area contributed by atoms with Crippen molar-refractivity contribution in [2.75, 3.05) is 37.7 Å². The fourth-order valence-corrected chi connectivity index (χ4v) is 5.81. The number of esters is 1. The molecule has 212 valence electrons. The maximum atomic E-state index is 15.6. The second-order valence-electron chi connectivity index (χ2n) is 8.65. The number of hydrogen-bond acceptors (Lipinski definition) is 12. The minimum Gasteiger partial charge on any atom is -0.468 e. The number of methoxy groups -OCH3 is 1. The Morgan fingerprint density at radius 3 is 2.74 bits per heavy atom. The second kappa shape index (κ2) is 11.6. The SMILES string of the molecule is CNc1nc(N)nc2c1ncn2[C@@H]1O[C@](CCl)(COP(=O)(N[C@H](C)C(=O)OC)Oc2ccccc2)[C@@H](O)[C@H]1F. The van der Waals surface area contributed by atoms with Crippen molar-refractivity contribution in [3.05, 3.63) is 36.7 Å². The van der Waals surface area contributed by atoms with Crippen molar-refractivity contribution < 1.29 is 37.4 Å². The van der Waals surface area contributed by atoms with Gasteiger partial charge in [-0.2, -0.15) is 15.1 Å². The molecule has 1 fully saturated rings. The number of nitrogens with zero attached hydrogens (tertiary/aromatic N) is 4. The van der Waals surface area contributed by atoms with Crippen LogP contribution in [0.25, 0.3) is 11.2 Å². The molecular weight excluding hydrogens is 560 g/mol. The quantitative estimate of drug-likeness (QED) is 0.145. The van der Waals surface area contributed by atoms with Crippen molar-refractivity contribution in [1.82, 2.24) is 24.6 Å². The molecule has 14 nitrogen and oxygen atoms in total. The summed E-state index contributed by atoms with van der Waals surface area (Å²) < 4.78 is 52.3. The van der Waals surface area contributed by atoms with Crippen molar-refractivity contribution in [3.63, 3.8) is 0 Å². The Bertz CT molecular complexity index is 1370. The molecule has 1 aliphatic rings. The molecule has 0 radical (unpaired) electrons. The lowest BCUT2D eigenvalue weighted by Gasteiger charge is -2.31. The van der Waals surface area contributed by atoms with Crippen LogP contribution in [0.2, 0.25) is 0 Å². The third-order valence-electron chi connectivity index (χ3n) is 6.00. The number of aromatic nitrogens is 4. The predicted octanol–water partition coefficient (Wildman–Crippen LogP) is 2.01. The molecule has 2 aromatic heterocycles. The Kier molecular flexibility index (Phi) is 8.59. The van der Waals surface area contributed by atoms with Gasteiger partial charge in [-0.3, -0.25) is 13.9 Å². The molecule has 0 amide bonds. The lowest BCUT2D eigenvalue weighted by molar-refractivity contribution is -0.142. The van der Waals surface area contributed by atoms with E-state index in [1.165, 1.54) is 30.0 Å².